The Morgan fingerprint density at radius 3 is 2.56 bits per heavy atom. The second kappa shape index (κ2) is 7.73. The maximum absolute atomic E-state index is 6.02. The van der Waals surface area contributed by atoms with Crippen LogP contribution in [0.15, 0.2) is 46.9 Å². The number of nitrogens with one attached hydrogen (secondary N) is 1. The van der Waals surface area contributed by atoms with E-state index in [0.717, 1.165) is 0 Å². The molecule has 10 heteroatoms. The number of aromatic nitrogens is 3. The van der Waals surface area contributed by atoms with Crippen molar-refractivity contribution in [1.82, 2.24) is 15.0 Å². The summed E-state index contributed by atoms with van der Waals surface area (Å²) < 4.78 is 5.02. The lowest BCUT2D eigenvalue weighted by Crippen LogP contribution is -2.19. The molecule has 7 N–H and O–H groups in total. The first kappa shape index (κ1) is 17.7. The summed E-state index contributed by atoms with van der Waals surface area (Å²) in [5.41, 5.74) is 18.2. The Hall–Kier alpha value is -3.69. The predicted octanol–water partition coefficient (Wildman–Crippen LogP) is 0.760. The molecule has 0 unspecified atom stereocenters. The van der Waals surface area contributed by atoms with Crippen molar-refractivity contribution in [2.75, 3.05) is 18.2 Å². The molecule has 2 aromatic rings. The van der Waals surface area contributed by atoms with E-state index in [1.165, 1.54) is 13.3 Å². The Bertz CT molecular complexity index is 827. The van der Waals surface area contributed by atoms with Gasteiger partial charge < -0.3 is 27.3 Å². The average Bonchev–Trinajstić information content (AvgIpc) is 2.54. The number of anilines is 3. The number of amidine groups is 2. The van der Waals surface area contributed by atoms with Gasteiger partial charge in [0.15, 0.2) is 0 Å². The van der Waals surface area contributed by atoms with E-state index in [9.17, 15) is 0 Å². The lowest BCUT2D eigenvalue weighted by atomic mass is 10.2. The van der Waals surface area contributed by atoms with Crippen LogP contribution in [0.2, 0.25) is 0 Å². The monoisotopic (exact) mass is 341 g/mol. The Balaban J connectivity index is 2.36. The first-order chi connectivity index (χ1) is 11.9. The smallest absolute Gasteiger partial charge is 0.221 e. The number of hydrogen-bond donors (Lipinski definition) is 4. The molecule has 0 saturated heterocycles. The third kappa shape index (κ3) is 4.89. The number of hydrogen-bond acceptors (Lipinski definition) is 8. The molecule has 2 aromatic heterocycles. The second-order valence-corrected chi connectivity index (χ2v) is 4.85. The molecule has 0 aliphatic carbocycles. The second-order valence-electron chi connectivity index (χ2n) is 4.85. The van der Waals surface area contributed by atoms with Crippen LogP contribution in [0.25, 0.3) is 0 Å². The van der Waals surface area contributed by atoms with E-state index in [4.69, 9.17) is 21.9 Å². The molecule has 0 amide bonds. The lowest BCUT2D eigenvalue weighted by Gasteiger charge is -2.11. The van der Waals surface area contributed by atoms with E-state index in [1.54, 1.807) is 25.3 Å². The fourth-order valence-corrected chi connectivity index (χ4v) is 1.86. The number of nitrogens with zero attached hydrogens (tertiary/aromatic N) is 5. The lowest BCUT2D eigenvalue weighted by molar-refractivity contribution is 0.398. The third-order valence-electron chi connectivity index (χ3n) is 2.88. The zero-order valence-electron chi connectivity index (χ0n) is 13.9. The van der Waals surface area contributed by atoms with Gasteiger partial charge in [-0.1, -0.05) is 6.58 Å². The minimum Gasteiger partial charge on any atom is -0.481 e. The summed E-state index contributed by atoms with van der Waals surface area (Å²) in [7, 11) is 1.54. The quantitative estimate of drug-likeness (QED) is 0.457. The molecular formula is C15H19N9O. The van der Waals surface area contributed by atoms with Crippen molar-refractivity contribution in [3.63, 3.8) is 0 Å². The Kier molecular flexibility index (Phi) is 5.46. The van der Waals surface area contributed by atoms with Crippen LogP contribution < -0.4 is 27.3 Å². The van der Waals surface area contributed by atoms with Crippen molar-refractivity contribution >= 4 is 29.1 Å². The van der Waals surface area contributed by atoms with Gasteiger partial charge in [0.1, 0.15) is 23.3 Å². The highest BCUT2D eigenvalue weighted by atomic mass is 16.5. The maximum atomic E-state index is 6.02. The molecule has 130 valence electrons. The van der Waals surface area contributed by atoms with Crippen LogP contribution in [-0.4, -0.2) is 33.7 Å². The van der Waals surface area contributed by atoms with Crippen molar-refractivity contribution in [3.8, 4) is 5.88 Å². The van der Waals surface area contributed by atoms with Gasteiger partial charge in [0.25, 0.3) is 0 Å². The predicted molar refractivity (Wildman–Crippen MR) is 97.7 cm³/mol. The van der Waals surface area contributed by atoms with E-state index in [1.807, 2.05) is 0 Å². The van der Waals surface area contributed by atoms with Crippen LogP contribution in [0.4, 0.5) is 17.5 Å². The molecule has 2 rings (SSSR count). The van der Waals surface area contributed by atoms with Gasteiger partial charge in [-0.25, -0.2) is 20.0 Å². The molecule has 0 aliphatic heterocycles. The van der Waals surface area contributed by atoms with Crippen molar-refractivity contribution in [2.24, 2.45) is 21.5 Å². The molecule has 0 radical (unpaired) electrons. The molecule has 25 heavy (non-hydrogen) atoms. The first-order valence-electron chi connectivity index (χ1n) is 7.13. The molecule has 10 nitrogen and oxygen atoms in total. The van der Waals surface area contributed by atoms with Gasteiger partial charge in [0, 0.05) is 12.3 Å². The van der Waals surface area contributed by atoms with Crippen LogP contribution >= 0.6 is 0 Å². The van der Waals surface area contributed by atoms with Crippen molar-refractivity contribution < 1.29 is 4.74 Å². The number of methoxy groups -OCH3 is 1. The van der Waals surface area contributed by atoms with E-state index in [0.29, 0.717) is 28.8 Å². The van der Waals surface area contributed by atoms with Crippen LogP contribution in [-0.2, 0) is 0 Å². The van der Waals surface area contributed by atoms with Gasteiger partial charge >= 0.3 is 0 Å². The molecule has 0 saturated carbocycles. The maximum Gasteiger partial charge on any atom is 0.221 e. The van der Waals surface area contributed by atoms with Gasteiger partial charge in [-0.2, -0.15) is 4.98 Å². The normalized spacial score (nSPS) is 11.9. The summed E-state index contributed by atoms with van der Waals surface area (Å²) in [6.07, 6.45) is 3.05. The number of ether oxygens (including phenoxy) is 1. The van der Waals surface area contributed by atoms with Gasteiger partial charge in [-0.05, 0) is 13.0 Å². The van der Waals surface area contributed by atoms with Crippen LogP contribution in [0.5, 0.6) is 5.88 Å². The zero-order chi connectivity index (χ0) is 18.4. The van der Waals surface area contributed by atoms with E-state index in [-0.39, 0.29) is 17.6 Å². The van der Waals surface area contributed by atoms with Crippen molar-refractivity contribution in [1.29, 1.82) is 0 Å². The van der Waals surface area contributed by atoms with E-state index < -0.39 is 0 Å². The summed E-state index contributed by atoms with van der Waals surface area (Å²) in [4.78, 5) is 20.3. The van der Waals surface area contributed by atoms with Crippen LogP contribution in [0.1, 0.15) is 12.5 Å². The Labute approximate surface area is 144 Å². The topological polar surface area (TPSA) is 163 Å². The minimum atomic E-state index is 0.0845. The molecule has 0 aliphatic rings. The minimum absolute atomic E-state index is 0.0845. The van der Waals surface area contributed by atoms with E-state index in [2.05, 4.69) is 36.8 Å². The molecule has 0 spiro atoms. The fraction of sp³-hybridized carbons (Fsp3) is 0.133. The van der Waals surface area contributed by atoms with Crippen LogP contribution in [0.3, 0.4) is 0 Å². The molecule has 0 aromatic carbocycles. The number of nitrogens with two attached hydrogens (primary N) is 3. The zero-order valence-corrected chi connectivity index (χ0v) is 13.9. The SMILES string of the molecule is C=C(N)/N=C(C)\N=C(/N)c1cnc(N)nc1Nc1ccc(OC)nc1. The third-order valence-corrected chi connectivity index (χ3v) is 2.88. The molecule has 0 fully saturated rings. The highest BCUT2D eigenvalue weighted by Crippen LogP contribution is 2.20. The van der Waals surface area contributed by atoms with Gasteiger partial charge in [0.05, 0.1) is 24.6 Å². The number of aliphatic imine (C=N–C) groups is 2. The molecular weight excluding hydrogens is 322 g/mol. The summed E-state index contributed by atoms with van der Waals surface area (Å²) in [5.74, 6) is 1.57. The molecule has 0 atom stereocenters. The molecule has 2 heterocycles. The number of nitrogen functional groups attached to an aromatic ring is 1. The summed E-state index contributed by atoms with van der Waals surface area (Å²) in [5, 5.41) is 3.07. The highest BCUT2D eigenvalue weighted by Gasteiger charge is 2.11. The fourth-order valence-electron chi connectivity index (χ4n) is 1.86. The van der Waals surface area contributed by atoms with E-state index >= 15 is 0 Å². The highest BCUT2D eigenvalue weighted by molar-refractivity contribution is 6.07. The number of pyridine rings is 1. The van der Waals surface area contributed by atoms with Crippen LogP contribution in [0, 0.1) is 0 Å². The van der Waals surface area contributed by atoms with Gasteiger partial charge in [0.2, 0.25) is 11.8 Å². The van der Waals surface area contributed by atoms with Crippen molar-refractivity contribution in [3.05, 3.63) is 42.5 Å². The first-order valence-corrected chi connectivity index (χ1v) is 7.13. The molecule has 0 bridgehead atoms. The average molecular weight is 341 g/mol. The van der Waals surface area contributed by atoms with Gasteiger partial charge in [-0.15, -0.1) is 0 Å². The largest absolute Gasteiger partial charge is 0.481 e. The standard InChI is InChI=1S/C15H19N9O/c1-8(16)21-9(2)22-13(17)11-7-20-15(18)24-14(11)23-10-4-5-12(25-3)19-6-10/h4-7H,1,16H2,2-3H3,(H2,17,21,22)(H3,18,20,23,24). The van der Waals surface area contributed by atoms with Gasteiger partial charge in [-0.3, -0.25) is 0 Å². The summed E-state index contributed by atoms with van der Waals surface area (Å²) in [6.45, 7) is 5.13. The summed E-state index contributed by atoms with van der Waals surface area (Å²) >= 11 is 0. The van der Waals surface area contributed by atoms with Crippen molar-refractivity contribution in [2.45, 2.75) is 6.92 Å². The Morgan fingerprint density at radius 1 is 1.20 bits per heavy atom. The number of rotatable bonds is 5. The summed E-state index contributed by atoms with van der Waals surface area (Å²) in [6, 6.07) is 3.47. The Morgan fingerprint density at radius 2 is 1.96 bits per heavy atom.